The Morgan fingerprint density at radius 1 is 0.422 bits per heavy atom. The zero-order valence-corrected chi connectivity index (χ0v) is 24.9. The molecule has 2 aromatic heterocycles. The van der Waals surface area contributed by atoms with Gasteiger partial charge in [-0.25, -0.2) is 9.97 Å². The van der Waals surface area contributed by atoms with Crippen molar-refractivity contribution in [2.75, 3.05) is 0 Å². The van der Waals surface area contributed by atoms with Crippen molar-refractivity contribution in [3.8, 4) is 56.2 Å². The van der Waals surface area contributed by atoms with Crippen molar-refractivity contribution < 1.29 is 0 Å². The third-order valence-electron chi connectivity index (χ3n) is 8.43. The van der Waals surface area contributed by atoms with Crippen molar-refractivity contribution in [1.82, 2.24) is 15.0 Å². The summed E-state index contributed by atoms with van der Waals surface area (Å²) >= 11 is 0. The van der Waals surface area contributed by atoms with Crippen LogP contribution in [0, 0.1) is 6.92 Å². The van der Waals surface area contributed by atoms with Gasteiger partial charge in [0.2, 0.25) is 0 Å². The SMILES string of the molecule is Cc1ncccc1-c1cc(-c2nc(-c3ccccc3)cc(-c3ccccc3)n2)cc(-c2c3ccccc3cc3ccccc23)c1. The molecule has 0 aliphatic carbocycles. The fourth-order valence-electron chi connectivity index (χ4n) is 6.26. The van der Waals surface area contributed by atoms with Crippen LogP contribution in [0.15, 0.2) is 158 Å². The number of nitrogens with zero attached hydrogens (tertiary/aromatic N) is 3. The molecule has 0 spiro atoms. The Morgan fingerprint density at radius 2 is 0.956 bits per heavy atom. The summed E-state index contributed by atoms with van der Waals surface area (Å²) < 4.78 is 0. The lowest BCUT2D eigenvalue weighted by molar-refractivity contribution is 1.18. The van der Waals surface area contributed by atoms with E-state index in [9.17, 15) is 0 Å². The average molecular weight is 576 g/mol. The second-order valence-electron chi connectivity index (χ2n) is 11.3. The molecule has 0 fully saturated rings. The number of rotatable bonds is 5. The third kappa shape index (κ3) is 5.05. The Morgan fingerprint density at radius 3 is 1.56 bits per heavy atom. The van der Waals surface area contributed by atoms with Crippen LogP contribution in [-0.2, 0) is 0 Å². The van der Waals surface area contributed by atoms with Gasteiger partial charge in [0.15, 0.2) is 5.82 Å². The molecule has 6 aromatic carbocycles. The molecule has 0 saturated heterocycles. The Kier molecular flexibility index (Phi) is 6.69. The van der Waals surface area contributed by atoms with E-state index in [2.05, 4.69) is 145 Å². The standard InChI is InChI=1S/C42H29N3/c1-28-36(21-12-22-43-28)33-24-34(41-37-19-10-8-17-31(37)23-32-18-9-11-20-38(32)41)26-35(25-33)42-44-39(29-13-4-2-5-14-29)27-40(45-42)30-15-6-3-7-16-30/h2-27H,1H3. The first-order valence-corrected chi connectivity index (χ1v) is 15.2. The summed E-state index contributed by atoms with van der Waals surface area (Å²) in [5.41, 5.74) is 10.3. The van der Waals surface area contributed by atoms with Gasteiger partial charge in [-0.3, -0.25) is 4.98 Å². The highest BCUT2D eigenvalue weighted by Crippen LogP contribution is 2.40. The average Bonchev–Trinajstić information content (AvgIpc) is 3.11. The molecule has 8 aromatic rings. The molecule has 0 unspecified atom stereocenters. The summed E-state index contributed by atoms with van der Waals surface area (Å²) in [6, 6.07) is 53.2. The number of aryl methyl sites for hydroxylation is 1. The molecule has 0 saturated carbocycles. The van der Waals surface area contributed by atoms with E-state index in [1.807, 2.05) is 24.4 Å². The smallest absolute Gasteiger partial charge is 0.160 e. The summed E-state index contributed by atoms with van der Waals surface area (Å²) in [5.74, 6) is 0.685. The van der Waals surface area contributed by atoms with Crippen molar-refractivity contribution in [3.05, 3.63) is 164 Å². The summed E-state index contributed by atoms with van der Waals surface area (Å²) in [6.45, 7) is 2.06. The highest BCUT2D eigenvalue weighted by molar-refractivity contribution is 6.13. The van der Waals surface area contributed by atoms with E-state index >= 15 is 0 Å². The third-order valence-corrected chi connectivity index (χ3v) is 8.43. The molecule has 0 radical (unpaired) electrons. The van der Waals surface area contributed by atoms with Crippen LogP contribution in [0.5, 0.6) is 0 Å². The minimum absolute atomic E-state index is 0.685. The lowest BCUT2D eigenvalue weighted by Crippen LogP contribution is -1.97. The minimum atomic E-state index is 0.685. The number of aromatic nitrogens is 3. The molecule has 212 valence electrons. The van der Waals surface area contributed by atoms with Gasteiger partial charge >= 0.3 is 0 Å². The molecule has 0 atom stereocenters. The maximum atomic E-state index is 5.19. The fourth-order valence-corrected chi connectivity index (χ4v) is 6.26. The van der Waals surface area contributed by atoms with Crippen LogP contribution in [0.3, 0.4) is 0 Å². The van der Waals surface area contributed by atoms with Crippen molar-refractivity contribution in [3.63, 3.8) is 0 Å². The van der Waals surface area contributed by atoms with E-state index in [1.165, 1.54) is 27.1 Å². The van der Waals surface area contributed by atoms with Gasteiger partial charge in [0, 0.05) is 34.1 Å². The second-order valence-corrected chi connectivity index (χ2v) is 11.3. The van der Waals surface area contributed by atoms with Gasteiger partial charge in [-0.2, -0.15) is 0 Å². The van der Waals surface area contributed by atoms with E-state index < -0.39 is 0 Å². The molecule has 3 nitrogen and oxygen atoms in total. The van der Waals surface area contributed by atoms with Crippen LogP contribution in [0.25, 0.3) is 77.7 Å². The zero-order chi connectivity index (χ0) is 30.2. The fraction of sp³-hybridized carbons (Fsp3) is 0.0238. The Hall–Kier alpha value is -5.93. The first-order valence-electron chi connectivity index (χ1n) is 15.2. The highest BCUT2D eigenvalue weighted by atomic mass is 14.9. The normalized spacial score (nSPS) is 11.2. The largest absolute Gasteiger partial charge is 0.261 e. The first kappa shape index (κ1) is 26.7. The topological polar surface area (TPSA) is 38.7 Å². The van der Waals surface area contributed by atoms with Crippen LogP contribution < -0.4 is 0 Å². The predicted molar refractivity (Wildman–Crippen MR) is 187 cm³/mol. The number of pyridine rings is 1. The molecular formula is C42H29N3. The Bertz CT molecular complexity index is 2210. The molecule has 45 heavy (non-hydrogen) atoms. The molecule has 0 N–H and O–H groups in total. The van der Waals surface area contributed by atoms with Crippen LogP contribution in [-0.4, -0.2) is 15.0 Å². The Balaban J connectivity index is 1.44. The monoisotopic (exact) mass is 575 g/mol. The molecule has 0 aliphatic rings. The van der Waals surface area contributed by atoms with E-state index in [0.29, 0.717) is 5.82 Å². The zero-order valence-electron chi connectivity index (χ0n) is 24.9. The van der Waals surface area contributed by atoms with Crippen molar-refractivity contribution in [1.29, 1.82) is 0 Å². The molecule has 0 amide bonds. The minimum Gasteiger partial charge on any atom is -0.261 e. The molecule has 8 rings (SSSR count). The summed E-state index contributed by atoms with van der Waals surface area (Å²) in [5, 5.41) is 4.85. The number of hydrogen-bond donors (Lipinski definition) is 0. The molecule has 3 heteroatoms. The van der Waals surface area contributed by atoms with Crippen LogP contribution in [0.4, 0.5) is 0 Å². The maximum absolute atomic E-state index is 5.19. The second kappa shape index (κ2) is 11.3. The first-order chi connectivity index (χ1) is 22.2. The molecule has 0 aliphatic heterocycles. The van der Waals surface area contributed by atoms with Gasteiger partial charge in [0.1, 0.15) is 0 Å². The van der Waals surface area contributed by atoms with Crippen LogP contribution >= 0.6 is 0 Å². The summed E-state index contributed by atoms with van der Waals surface area (Å²) in [4.78, 5) is 15.0. The summed E-state index contributed by atoms with van der Waals surface area (Å²) in [7, 11) is 0. The van der Waals surface area contributed by atoms with Crippen LogP contribution in [0.1, 0.15) is 5.69 Å². The Labute approximate surface area is 262 Å². The van der Waals surface area contributed by atoms with Gasteiger partial charge < -0.3 is 0 Å². The molecule has 0 bridgehead atoms. The van der Waals surface area contributed by atoms with E-state index in [1.54, 1.807) is 0 Å². The van der Waals surface area contributed by atoms with Gasteiger partial charge in [-0.05, 0) is 81.6 Å². The lowest BCUT2D eigenvalue weighted by atomic mass is 9.89. The van der Waals surface area contributed by atoms with E-state index in [0.717, 1.165) is 50.5 Å². The highest BCUT2D eigenvalue weighted by Gasteiger charge is 2.17. The summed E-state index contributed by atoms with van der Waals surface area (Å²) in [6.07, 6.45) is 1.85. The van der Waals surface area contributed by atoms with Crippen LogP contribution in [0.2, 0.25) is 0 Å². The molecule has 2 heterocycles. The number of fused-ring (bicyclic) bond motifs is 2. The van der Waals surface area contributed by atoms with Gasteiger partial charge in [0.05, 0.1) is 11.4 Å². The van der Waals surface area contributed by atoms with E-state index in [-0.39, 0.29) is 0 Å². The maximum Gasteiger partial charge on any atom is 0.160 e. The predicted octanol–water partition coefficient (Wildman–Crippen LogP) is 10.8. The van der Waals surface area contributed by atoms with Crippen molar-refractivity contribution in [2.45, 2.75) is 6.92 Å². The molecular weight excluding hydrogens is 546 g/mol. The van der Waals surface area contributed by atoms with E-state index in [4.69, 9.17) is 9.97 Å². The van der Waals surface area contributed by atoms with Gasteiger partial charge in [-0.1, -0.05) is 115 Å². The lowest BCUT2D eigenvalue weighted by Gasteiger charge is -2.16. The number of benzene rings is 6. The number of hydrogen-bond acceptors (Lipinski definition) is 3. The van der Waals surface area contributed by atoms with Gasteiger partial charge in [-0.15, -0.1) is 0 Å². The van der Waals surface area contributed by atoms with Crippen molar-refractivity contribution in [2.24, 2.45) is 0 Å². The van der Waals surface area contributed by atoms with Gasteiger partial charge in [0.25, 0.3) is 0 Å². The van der Waals surface area contributed by atoms with Crippen molar-refractivity contribution >= 4 is 21.5 Å². The quantitative estimate of drug-likeness (QED) is 0.192.